The second-order valence-corrected chi connectivity index (χ2v) is 4.38. The minimum absolute atomic E-state index is 0.154. The zero-order valence-corrected chi connectivity index (χ0v) is 10.4. The van der Waals surface area contributed by atoms with Crippen LogP contribution in [0.15, 0.2) is 18.2 Å². The van der Waals surface area contributed by atoms with E-state index in [1.54, 1.807) is 6.07 Å². The van der Waals surface area contributed by atoms with Gasteiger partial charge in [-0.3, -0.25) is 4.79 Å². The van der Waals surface area contributed by atoms with Crippen LogP contribution in [-0.4, -0.2) is 10.2 Å². The van der Waals surface area contributed by atoms with E-state index < -0.39 is 5.24 Å². The molecule has 0 N–H and O–H groups in total. The summed E-state index contributed by atoms with van der Waals surface area (Å²) >= 11 is 11.3. The summed E-state index contributed by atoms with van der Waals surface area (Å²) in [5.74, 6) is 0. The molecule has 0 unspecified atom stereocenters. The fraction of sp³-hybridized carbons (Fsp3) is 0.167. The third-order valence-electron chi connectivity index (χ3n) is 2.68. The highest BCUT2D eigenvalue weighted by Gasteiger charge is 2.12. The van der Waals surface area contributed by atoms with Crippen molar-refractivity contribution in [2.45, 2.75) is 13.8 Å². The molecule has 2 nitrogen and oxygen atoms in total. The molecular weight excluding hydrogens is 245 g/mol. The summed E-state index contributed by atoms with van der Waals surface area (Å²) in [6.07, 6.45) is 0. The van der Waals surface area contributed by atoms with E-state index >= 15 is 0 Å². The molecule has 2 rings (SSSR count). The number of fused-ring (bicyclic) bond motifs is 1. The van der Waals surface area contributed by atoms with Gasteiger partial charge in [0.05, 0.1) is 11.1 Å². The number of carbonyl (C=O) groups is 1. The first kappa shape index (κ1) is 11.4. The van der Waals surface area contributed by atoms with E-state index in [1.165, 1.54) is 0 Å². The lowest BCUT2D eigenvalue weighted by molar-refractivity contribution is 0.108. The minimum Gasteiger partial charge on any atom is -0.275 e. The number of rotatable bonds is 1. The van der Waals surface area contributed by atoms with E-state index in [-0.39, 0.29) is 10.7 Å². The Balaban J connectivity index is 2.84. The Labute approximate surface area is 103 Å². The highest BCUT2D eigenvalue weighted by molar-refractivity contribution is 6.68. The lowest BCUT2D eigenvalue weighted by Crippen LogP contribution is -1.96. The lowest BCUT2D eigenvalue weighted by Gasteiger charge is -2.07. The van der Waals surface area contributed by atoms with Crippen LogP contribution in [0.2, 0.25) is 5.15 Å². The van der Waals surface area contributed by atoms with Crippen molar-refractivity contribution in [3.05, 3.63) is 40.0 Å². The van der Waals surface area contributed by atoms with Crippen molar-refractivity contribution in [2.75, 3.05) is 0 Å². The molecule has 0 aliphatic carbocycles. The maximum atomic E-state index is 11.1. The van der Waals surface area contributed by atoms with Crippen molar-refractivity contribution < 1.29 is 4.79 Å². The SMILES string of the molecule is Cc1ccc2cc(C(=O)Cl)c(Cl)nc2c1C. The van der Waals surface area contributed by atoms with Gasteiger partial charge in [-0.05, 0) is 42.6 Å². The van der Waals surface area contributed by atoms with Gasteiger partial charge < -0.3 is 0 Å². The van der Waals surface area contributed by atoms with Gasteiger partial charge in [0.25, 0.3) is 5.24 Å². The lowest BCUT2D eigenvalue weighted by atomic mass is 10.0. The van der Waals surface area contributed by atoms with E-state index in [1.807, 2.05) is 26.0 Å². The zero-order chi connectivity index (χ0) is 11.9. The monoisotopic (exact) mass is 253 g/mol. The first-order valence-electron chi connectivity index (χ1n) is 4.77. The largest absolute Gasteiger partial charge is 0.275 e. The van der Waals surface area contributed by atoms with Gasteiger partial charge in [0.1, 0.15) is 5.15 Å². The molecule has 0 aliphatic heterocycles. The van der Waals surface area contributed by atoms with Crippen LogP contribution in [0.25, 0.3) is 10.9 Å². The smallest absolute Gasteiger partial charge is 0.255 e. The van der Waals surface area contributed by atoms with Crippen molar-refractivity contribution in [1.82, 2.24) is 4.98 Å². The molecular formula is C12H9Cl2NO. The van der Waals surface area contributed by atoms with E-state index in [0.717, 1.165) is 22.0 Å². The molecule has 0 fully saturated rings. The summed E-state index contributed by atoms with van der Waals surface area (Å²) in [4.78, 5) is 15.3. The summed E-state index contributed by atoms with van der Waals surface area (Å²) in [7, 11) is 0. The molecule has 82 valence electrons. The van der Waals surface area contributed by atoms with Crippen molar-refractivity contribution >= 4 is 39.3 Å². The van der Waals surface area contributed by atoms with Crippen LogP contribution < -0.4 is 0 Å². The summed E-state index contributed by atoms with van der Waals surface area (Å²) in [6, 6.07) is 5.56. The molecule has 0 atom stereocenters. The quantitative estimate of drug-likeness (QED) is 0.570. The molecule has 0 spiro atoms. The Hall–Kier alpha value is -1.12. The van der Waals surface area contributed by atoms with Crippen LogP contribution in [0, 0.1) is 13.8 Å². The molecule has 1 heterocycles. The van der Waals surface area contributed by atoms with Gasteiger partial charge in [0, 0.05) is 5.39 Å². The number of nitrogens with zero attached hydrogens (tertiary/aromatic N) is 1. The molecule has 0 saturated carbocycles. The average Bonchev–Trinajstić information content (AvgIpc) is 2.23. The predicted molar refractivity (Wildman–Crippen MR) is 66.4 cm³/mol. The number of halogens is 2. The highest BCUT2D eigenvalue weighted by Crippen LogP contribution is 2.25. The van der Waals surface area contributed by atoms with Gasteiger partial charge in [-0.1, -0.05) is 23.7 Å². The van der Waals surface area contributed by atoms with Gasteiger partial charge in [-0.25, -0.2) is 4.98 Å². The Morgan fingerprint density at radius 2 is 2.00 bits per heavy atom. The molecule has 1 aromatic carbocycles. The molecule has 0 aliphatic rings. The molecule has 16 heavy (non-hydrogen) atoms. The van der Waals surface area contributed by atoms with Crippen LogP contribution in [-0.2, 0) is 0 Å². The summed E-state index contributed by atoms with van der Waals surface area (Å²) < 4.78 is 0. The summed E-state index contributed by atoms with van der Waals surface area (Å²) in [5.41, 5.74) is 3.26. The van der Waals surface area contributed by atoms with E-state index in [0.29, 0.717) is 0 Å². The second kappa shape index (κ2) is 4.04. The minimum atomic E-state index is -0.586. The summed E-state index contributed by atoms with van der Waals surface area (Å²) in [6.45, 7) is 3.98. The molecule has 2 aromatic rings. The molecule has 0 saturated heterocycles. The number of hydrogen-bond donors (Lipinski definition) is 0. The topological polar surface area (TPSA) is 30.0 Å². The van der Waals surface area contributed by atoms with Gasteiger partial charge in [-0.2, -0.15) is 0 Å². The van der Waals surface area contributed by atoms with Crippen LogP contribution in [0.4, 0.5) is 0 Å². The molecule has 0 radical (unpaired) electrons. The van der Waals surface area contributed by atoms with Gasteiger partial charge >= 0.3 is 0 Å². The van der Waals surface area contributed by atoms with Crippen LogP contribution >= 0.6 is 23.2 Å². The van der Waals surface area contributed by atoms with Crippen molar-refractivity contribution in [1.29, 1.82) is 0 Å². The maximum absolute atomic E-state index is 11.1. The average molecular weight is 254 g/mol. The molecule has 0 amide bonds. The first-order chi connectivity index (χ1) is 7.50. The number of aromatic nitrogens is 1. The Kier molecular flexibility index (Phi) is 2.87. The van der Waals surface area contributed by atoms with Gasteiger partial charge in [0.15, 0.2) is 0 Å². The van der Waals surface area contributed by atoms with Crippen molar-refractivity contribution in [2.24, 2.45) is 0 Å². The number of benzene rings is 1. The Morgan fingerprint density at radius 3 is 2.62 bits per heavy atom. The number of pyridine rings is 1. The zero-order valence-electron chi connectivity index (χ0n) is 8.84. The van der Waals surface area contributed by atoms with Crippen molar-refractivity contribution in [3.63, 3.8) is 0 Å². The Bertz CT molecular complexity index is 593. The van der Waals surface area contributed by atoms with E-state index in [9.17, 15) is 4.79 Å². The fourth-order valence-electron chi connectivity index (χ4n) is 1.60. The maximum Gasteiger partial charge on any atom is 0.255 e. The fourth-order valence-corrected chi connectivity index (χ4v) is 2.02. The van der Waals surface area contributed by atoms with E-state index in [4.69, 9.17) is 23.2 Å². The standard InChI is InChI=1S/C12H9Cl2NO/c1-6-3-4-8-5-9(12(14)16)11(13)15-10(8)7(6)2/h3-5H,1-2H3. The van der Waals surface area contributed by atoms with E-state index in [2.05, 4.69) is 4.98 Å². The Morgan fingerprint density at radius 1 is 1.31 bits per heavy atom. The first-order valence-corrected chi connectivity index (χ1v) is 5.52. The normalized spacial score (nSPS) is 10.8. The predicted octanol–water partition coefficient (Wildman–Crippen LogP) is 3.88. The third-order valence-corrected chi connectivity index (χ3v) is 3.17. The number of aryl methyl sites for hydroxylation is 2. The number of hydrogen-bond acceptors (Lipinski definition) is 2. The van der Waals surface area contributed by atoms with Gasteiger partial charge in [0.2, 0.25) is 0 Å². The van der Waals surface area contributed by atoms with Crippen LogP contribution in [0.5, 0.6) is 0 Å². The van der Waals surface area contributed by atoms with Crippen LogP contribution in [0.3, 0.4) is 0 Å². The van der Waals surface area contributed by atoms with Crippen molar-refractivity contribution in [3.8, 4) is 0 Å². The molecule has 4 heteroatoms. The van der Waals surface area contributed by atoms with Gasteiger partial charge in [-0.15, -0.1) is 0 Å². The highest BCUT2D eigenvalue weighted by atomic mass is 35.5. The summed E-state index contributed by atoms with van der Waals surface area (Å²) in [5, 5.41) is 0.440. The third kappa shape index (κ3) is 1.79. The molecule has 0 bridgehead atoms. The molecule has 1 aromatic heterocycles. The number of carbonyl (C=O) groups excluding carboxylic acids is 1. The second-order valence-electron chi connectivity index (χ2n) is 3.68. The van der Waals surface area contributed by atoms with Crippen LogP contribution in [0.1, 0.15) is 21.5 Å².